The number of rotatable bonds is 2. The van der Waals surface area contributed by atoms with Gasteiger partial charge in [-0.25, -0.2) is 0 Å². The minimum atomic E-state index is -0.278. The molecule has 1 heterocycles. The van der Waals surface area contributed by atoms with E-state index >= 15 is 0 Å². The summed E-state index contributed by atoms with van der Waals surface area (Å²) >= 11 is 0. The molecular formula is C5H9NO3. The van der Waals surface area contributed by atoms with Crippen LogP contribution >= 0.6 is 0 Å². The summed E-state index contributed by atoms with van der Waals surface area (Å²) in [5, 5.41) is 9.91. The smallest absolute Gasteiger partial charge is 0.208 e. The summed E-state index contributed by atoms with van der Waals surface area (Å²) in [6, 6.07) is 0. The molecule has 4 nitrogen and oxygen atoms in total. The van der Waals surface area contributed by atoms with Crippen LogP contribution in [-0.4, -0.2) is 24.7 Å². The molecule has 1 fully saturated rings. The first kappa shape index (κ1) is 6.48. The second kappa shape index (κ2) is 2.77. The van der Waals surface area contributed by atoms with Gasteiger partial charge in [0.2, 0.25) is 6.54 Å². The first-order valence-corrected chi connectivity index (χ1v) is 2.98. The summed E-state index contributed by atoms with van der Waals surface area (Å²) in [7, 11) is 0. The number of ether oxygens (including phenoxy) is 1. The van der Waals surface area contributed by atoms with Gasteiger partial charge in [-0.05, 0) is 6.42 Å². The zero-order valence-corrected chi connectivity index (χ0v) is 5.08. The third kappa shape index (κ3) is 1.97. The maximum Gasteiger partial charge on any atom is 0.208 e. The van der Waals surface area contributed by atoms with Gasteiger partial charge < -0.3 is 4.74 Å². The normalized spacial score (nSPS) is 26.4. The number of nitro groups is 1. The molecule has 1 unspecified atom stereocenters. The van der Waals surface area contributed by atoms with Gasteiger partial charge >= 0.3 is 0 Å². The van der Waals surface area contributed by atoms with Crippen molar-refractivity contribution in [2.45, 2.75) is 6.42 Å². The van der Waals surface area contributed by atoms with E-state index in [-0.39, 0.29) is 17.4 Å². The van der Waals surface area contributed by atoms with E-state index in [1.807, 2.05) is 0 Å². The molecule has 0 saturated carbocycles. The van der Waals surface area contributed by atoms with Crippen molar-refractivity contribution in [1.82, 2.24) is 0 Å². The topological polar surface area (TPSA) is 52.4 Å². The molecule has 1 saturated heterocycles. The van der Waals surface area contributed by atoms with Gasteiger partial charge in [0.15, 0.2) is 0 Å². The van der Waals surface area contributed by atoms with Crippen LogP contribution in [-0.2, 0) is 4.74 Å². The van der Waals surface area contributed by atoms with E-state index < -0.39 is 0 Å². The standard InChI is InChI=1S/C5H9NO3/c7-6(8)3-5-1-2-9-4-5/h5H,1-4H2. The minimum Gasteiger partial charge on any atom is -0.381 e. The molecule has 52 valence electrons. The number of hydrogen-bond acceptors (Lipinski definition) is 3. The second-order valence-electron chi connectivity index (χ2n) is 2.24. The van der Waals surface area contributed by atoms with Gasteiger partial charge in [-0.2, -0.15) is 0 Å². The Morgan fingerprint density at radius 3 is 3.00 bits per heavy atom. The van der Waals surface area contributed by atoms with E-state index in [4.69, 9.17) is 4.74 Å². The molecule has 0 aromatic heterocycles. The summed E-state index contributed by atoms with van der Waals surface area (Å²) in [5.74, 6) is 0.167. The molecule has 1 rings (SSSR count). The quantitative estimate of drug-likeness (QED) is 0.400. The van der Waals surface area contributed by atoms with Crippen molar-refractivity contribution in [3.8, 4) is 0 Å². The SMILES string of the molecule is O=[N+]([O-])CC1CCOC1. The highest BCUT2D eigenvalue weighted by Gasteiger charge is 2.20. The molecule has 4 heteroatoms. The van der Waals surface area contributed by atoms with Crippen molar-refractivity contribution < 1.29 is 9.66 Å². The maximum atomic E-state index is 9.91. The third-order valence-electron chi connectivity index (χ3n) is 1.43. The zero-order valence-electron chi connectivity index (χ0n) is 5.08. The fourth-order valence-corrected chi connectivity index (χ4v) is 0.938. The van der Waals surface area contributed by atoms with E-state index in [0.717, 1.165) is 6.42 Å². The summed E-state index contributed by atoms with van der Waals surface area (Å²) < 4.78 is 4.95. The molecule has 0 amide bonds. The Kier molecular flexibility index (Phi) is 2.00. The Morgan fingerprint density at radius 1 is 1.78 bits per heavy atom. The van der Waals surface area contributed by atoms with Crippen LogP contribution in [0.4, 0.5) is 0 Å². The predicted molar refractivity (Wildman–Crippen MR) is 30.8 cm³/mol. The highest BCUT2D eigenvalue weighted by atomic mass is 16.6. The fraction of sp³-hybridized carbons (Fsp3) is 1.00. The largest absolute Gasteiger partial charge is 0.381 e. The molecule has 0 aromatic rings. The molecule has 0 N–H and O–H groups in total. The highest BCUT2D eigenvalue weighted by molar-refractivity contribution is 4.61. The van der Waals surface area contributed by atoms with Gasteiger partial charge in [0, 0.05) is 17.4 Å². The average Bonchev–Trinajstić information content (AvgIpc) is 2.15. The van der Waals surface area contributed by atoms with Crippen LogP contribution in [0.25, 0.3) is 0 Å². The van der Waals surface area contributed by atoms with Crippen LogP contribution in [0.5, 0.6) is 0 Å². The lowest BCUT2D eigenvalue weighted by atomic mass is 10.1. The summed E-state index contributed by atoms with van der Waals surface area (Å²) in [6.45, 7) is 1.33. The molecule has 1 atom stereocenters. The summed E-state index contributed by atoms with van der Waals surface area (Å²) in [6.07, 6.45) is 0.848. The van der Waals surface area contributed by atoms with Gasteiger partial charge in [-0.3, -0.25) is 10.1 Å². The fourth-order valence-electron chi connectivity index (χ4n) is 0.938. The average molecular weight is 131 g/mol. The second-order valence-corrected chi connectivity index (χ2v) is 2.24. The Balaban J connectivity index is 2.19. The minimum absolute atomic E-state index is 0.0694. The van der Waals surface area contributed by atoms with Gasteiger partial charge in [0.1, 0.15) is 0 Å². The number of hydrogen-bond donors (Lipinski definition) is 0. The Bertz CT molecular complexity index is 109. The van der Waals surface area contributed by atoms with Crippen molar-refractivity contribution in [2.75, 3.05) is 19.8 Å². The van der Waals surface area contributed by atoms with Gasteiger partial charge in [-0.15, -0.1) is 0 Å². The molecule has 0 radical (unpaired) electrons. The van der Waals surface area contributed by atoms with Gasteiger partial charge in [-0.1, -0.05) is 0 Å². The van der Waals surface area contributed by atoms with Crippen molar-refractivity contribution in [2.24, 2.45) is 5.92 Å². The van der Waals surface area contributed by atoms with Gasteiger partial charge in [0.25, 0.3) is 0 Å². The van der Waals surface area contributed by atoms with Crippen LogP contribution in [0.2, 0.25) is 0 Å². The van der Waals surface area contributed by atoms with E-state index in [0.29, 0.717) is 13.2 Å². The van der Waals surface area contributed by atoms with Crippen LogP contribution in [0.3, 0.4) is 0 Å². The van der Waals surface area contributed by atoms with Crippen LogP contribution in [0.1, 0.15) is 6.42 Å². The van der Waals surface area contributed by atoms with E-state index in [2.05, 4.69) is 0 Å². The third-order valence-corrected chi connectivity index (χ3v) is 1.43. The Hall–Kier alpha value is -0.640. The van der Waals surface area contributed by atoms with Crippen molar-refractivity contribution in [1.29, 1.82) is 0 Å². The molecule has 0 aromatic carbocycles. The lowest BCUT2D eigenvalue weighted by Crippen LogP contribution is -2.13. The predicted octanol–water partition coefficient (Wildman–Crippen LogP) is 0.300. The Morgan fingerprint density at radius 2 is 2.56 bits per heavy atom. The van der Waals surface area contributed by atoms with E-state index in [9.17, 15) is 10.1 Å². The molecule has 0 bridgehead atoms. The first-order valence-electron chi connectivity index (χ1n) is 2.98. The lowest BCUT2D eigenvalue weighted by Gasteiger charge is -1.97. The monoisotopic (exact) mass is 131 g/mol. The van der Waals surface area contributed by atoms with E-state index in [1.165, 1.54) is 0 Å². The summed E-state index contributed by atoms with van der Waals surface area (Å²) in [4.78, 5) is 9.63. The van der Waals surface area contributed by atoms with Crippen LogP contribution in [0, 0.1) is 16.0 Å². The molecule has 1 aliphatic rings. The Labute approximate surface area is 53.0 Å². The molecule has 0 aliphatic carbocycles. The first-order chi connectivity index (χ1) is 4.29. The molecule has 9 heavy (non-hydrogen) atoms. The van der Waals surface area contributed by atoms with Crippen molar-refractivity contribution in [3.05, 3.63) is 10.1 Å². The van der Waals surface area contributed by atoms with E-state index in [1.54, 1.807) is 0 Å². The molecule has 1 aliphatic heterocycles. The van der Waals surface area contributed by atoms with Gasteiger partial charge in [0.05, 0.1) is 6.61 Å². The van der Waals surface area contributed by atoms with Crippen LogP contribution < -0.4 is 0 Å². The molecule has 0 spiro atoms. The van der Waals surface area contributed by atoms with Crippen molar-refractivity contribution in [3.63, 3.8) is 0 Å². The number of nitrogens with zero attached hydrogens (tertiary/aromatic N) is 1. The highest BCUT2D eigenvalue weighted by Crippen LogP contribution is 2.11. The van der Waals surface area contributed by atoms with Crippen molar-refractivity contribution >= 4 is 0 Å². The lowest BCUT2D eigenvalue weighted by molar-refractivity contribution is -0.487. The maximum absolute atomic E-state index is 9.91. The summed E-state index contributed by atoms with van der Waals surface area (Å²) in [5.41, 5.74) is 0. The molecular weight excluding hydrogens is 122 g/mol. The zero-order chi connectivity index (χ0) is 6.69. The van der Waals surface area contributed by atoms with Crippen LogP contribution in [0.15, 0.2) is 0 Å².